The van der Waals surface area contributed by atoms with E-state index in [1.165, 1.54) is 22.5 Å². The molecule has 0 saturated heterocycles. The number of benzene rings is 1. The van der Waals surface area contributed by atoms with Crippen LogP contribution in [-0.4, -0.2) is 25.6 Å². The van der Waals surface area contributed by atoms with E-state index in [-0.39, 0.29) is 11.7 Å². The van der Waals surface area contributed by atoms with E-state index < -0.39 is 14.9 Å². The van der Waals surface area contributed by atoms with E-state index in [0.717, 1.165) is 31.9 Å². The van der Waals surface area contributed by atoms with Crippen LogP contribution in [0, 0.1) is 10.1 Å². The van der Waals surface area contributed by atoms with Gasteiger partial charge >= 0.3 is 0 Å². The fourth-order valence-electron chi connectivity index (χ4n) is 2.56. The number of nitro groups is 1. The van der Waals surface area contributed by atoms with Crippen molar-refractivity contribution in [1.82, 2.24) is 0 Å². The van der Waals surface area contributed by atoms with Crippen LogP contribution < -0.4 is 4.31 Å². The molecular weight excluding hydrogens is 268 g/mol. The van der Waals surface area contributed by atoms with Crippen LogP contribution in [0.3, 0.4) is 0 Å². The average Bonchev–Trinajstić information content (AvgIpc) is 2.81. The third-order valence-electron chi connectivity index (χ3n) is 3.31. The molecule has 0 amide bonds. The molecule has 1 fully saturated rings. The van der Waals surface area contributed by atoms with E-state index in [9.17, 15) is 18.5 Å². The first-order valence-electron chi connectivity index (χ1n) is 6.13. The third-order valence-corrected chi connectivity index (χ3v) is 4.53. The Kier molecular flexibility index (Phi) is 3.75. The van der Waals surface area contributed by atoms with Crippen LogP contribution in [0.4, 0.5) is 11.4 Å². The maximum Gasteiger partial charge on any atom is 0.271 e. The van der Waals surface area contributed by atoms with Crippen molar-refractivity contribution >= 4 is 21.4 Å². The lowest BCUT2D eigenvalue weighted by Crippen LogP contribution is -2.38. The summed E-state index contributed by atoms with van der Waals surface area (Å²) in [4.78, 5) is 10.3. The van der Waals surface area contributed by atoms with Gasteiger partial charge in [0.05, 0.1) is 16.9 Å². The first-order chi connectivity index (χ1) is 8.89. The van der Waals surface area contributed by atoms with Gasteiger partial charge in [0, 0.05) is 18.2 Å². The second-order valence-electron chi connectivity index (χ2n) is 4.77. The van der Waals surface area contributed by atoms with Crippen LogP contribution in [0.25, 0.3) is 0 Å². The lowest BCUT2D eigenvalue weighted by Gasteiger charge is -2.28. The van der Waals surface area contributed by atoms with Crippen molar-refractivity contribution in [2.24, 2.45) is 0 Å². The SMILES string of the molecule is CS(=O)(=O)N(c1cccc([N+](=O)[O-])c1)C1CCCC1. The average molecular weight is 284 g/mol. The summed E-state index contributed by atoms with van der Waals surface area (Å²) in [5, 5.41) is 10.8. The van der Waals surface area contributed by atoms with Crippen LogP contribution in [0.2, 0.25) is 0 Å². The van der Waals surface area contributed by atoms with E-state index >= 15 is 0 Å². The summed E-state index contributed by atoms with van der Waals surface area (Å²) in [6, 6.07) is 5.71. The normalized spacial score (nSPS) is 16.5. The molecule has 1 aliphatic rings. The van der Waals surface area contributed by atoms with Gasteiger partial charge in [-0.3, -0.25) is 14.4 Å². The molecule has 0 radical (unpaired) electrons. The highest BCUT2D eigenvalue weighted by atomic mass is 32.2. The van der Waals surface area contributed by atoms with Crippen molar-refractivity contribution in [2.75, 3.05) is 10.6 Å². The predicted molar refractivity (Wildman–Crippen MR) is 72.7 cm³/mol. The van der Waals surface area contributed by atoms with Gasteiger partial charge in [0.25, 0.3) is 5.69 Å². The van der Waals surface area contributed by atoms with Crippen molar-refractivity contribution in [2.45, 2.75) is 31.7 Å². The smallest absolute Gasteiger partial charge is 0.267 e. The summed E-state index contributed by atoms with van der Waals surface area (Å²) in [5.74, 6) is 0. The molecule has 0 aromatic heterocycles. The van der Waals surface area contributed by atoms with Gasteiger partial charge in [-0.1, -0.05) is 18.9 Å². The zero-order chi connectivity index (χ0) is 14.0. The molecule has 2 rings (SSSR count). The van der Waals surface area contributed by atoms with Crippen LogP contribution in [-0.2, 0) is 10.0 Å². The number of nitro benzene ring substituents is 1. The molecule has 0 unspecified atom stereocenters. The third kappa shape index (κ3) is 3.04. The molecule has 0 N–H and O–H groups in total. The molecule has 104 valence electrons. The summed E-state index contributed by atoms with van der Waals surface area (Å²) in [6.07, 6.45) is 4.73. The van der Waals surface area contributed by atoms with Crippen molar-refractivity contribution < 1.29 is 13.3 Å². The van der Waals surface area contributed by atoms with E-state index in [2.05, 4.69) is 0 Å². The van der Waals surface area contributed by atoms with Gasteiger partial charge in [0.1, 0.15) is 0 Å². The zero-order valence-corrected chi connectivity index (χ0v) is 11.5. The van der Waals surface area contributed by atoms with Crippen LogP contribution in [0.15, 0.2) is 24.3 Å². The molecule has 0 atom stereocenters. The van der Waals surface area contributed by atoms with Crippen LogP contribution in [0.5, 0.6) is 0 Å². The lowest BCUT2D eigenvalue weighted by atomic mass is 10.2. The minimum Gasteiger partial charge on any atom is -0.267 e. The van der Waals surface area contributed by atoms with Gasteiger partial charge in [0.15, 0.2) is 0 Å². The quantitative estimate of drug-likeness (QED) is 0.627. The molecule has 1 saturated carbocycles. The second-order valence-corrected chi connectivity index (χ2v) is 6.63. The maximum atomic E-state index is 12.0. The number of non-ortho nitro benzene ring substituents is 1. The molecule has 1 aromatic carbocycles. The first kappa shape index (κ1) is 13.8. The zero-order valence-electron chi connectivity index (χ0n) is 10.7. The highest BCUT2D eigenvalue weighted by Gasteiger charge is 2.30. The summed E-state index contributed by atoms with van der Waals surface area (Å²) in [5.41, 5.74) is 0.285. The van der Waals surface area contributed by atoms with Gasteiger partial charge in [-0.15, -0.1) is 0 Å². The number of nitrogens with zero attached hydrogens (tertiary/aromatic N) is 2. The van der Waals surface area contributed by atoms with E-state index in [1.807, 2.05) is 0 Å². The fourth-order valence-corrected chi connectivity index (χ4v) is 3.80. The molecule has 6 nitrogen and oxygen atoms in total. The molecule has 0 spiro atoms. The molecule has 1 aliphatic carbocycles. The Bertz CT molecular complexity index is 579. The highest BCUT2D eigenvalue weighted by molar-refractivity contribution is 7.92. The Balaban J connectivity index is 2.43. The molecule has 1 aromatic rings. The van der Waals surface area contributed by atoms with Crippen LogP contribution >= 0.6 is 0 Å². The molecular formula is C12H16N2O4S. The highest BCUT2D eigenvalue weighted by Crippen LogP contribution is 2.31. The number of anilines is 1. The monoisotopic (exact) mass is 284 g/mol. The van der Waals surface area contributed by atoms with Gasteiger partial charge < -0.3 is 0 Å². The van der Waals surface area contributed by atoms with E-state index in [4.69, 9.17) is 0 Å². The largest absolute Gasteiger partial charge is 0.271 e. The first-order valence-corrected chi connectivity index (χ1v) is 7.98. The van der Waals surface area contributed by atoms with Crippen molar-refractivity contribution in [1.29, 1.82) is 0 Å². The summed E-state index contributed by atoms with van der Waals surface area (Å²) < 4.78 is 25.2. The van der Waals surface area contributed by atoms with E-state index in [0.29, 0.717) is 5.69 Å². The van der Waals surface area contributed by atoms with Crippen molar-refractivity contribution in [3.8, 4) is 0 Å². The fraction of sp³-hybridized carbons (Fsp3) is 0.500. The van der Waals surface area contributed by atoms with Gasteiger partial charge in [-0.2, -0.15) is 0 Å². The van der Waals surface area contributed by atoms with Crippen molar-refractivity contribution in [3.05, 3.63) is 34.4 Å². The molecule has 0 aliphatic heterocycles. The molecule has 0 bridgehead atoms. The summed E-state index contributed by atoms with van der Waals surface area (Å²) >= 11 is 0. The summed E-state index contributed by atoms with van der Waals surface area (Å²) in [6.45, 7) is 0. The molecule has 19 heavy (non-hydrogen) atoms. The van der Waals surface area contributed by atoms with Crippen molar-refractivity contribution in [3.63, 3.8) is 0 Å². The Morgan fingerprint density at radius 1 is 1.32 bits per heavy atom. The number of sulfonamides is 1. The second kappa shape index (κ2) is 5.16. The number of hydrogen-bond acceptors (Lipinski definition) is 4. The van der Waals surface area contributed by atoms with Crippen LogP contribution in [0.1, 0.15) is 25.7 Å². The standard InChI is InChI=1S/C12H16N2O4S/c1-19(17,18)13(10-5-2-3-6-10)11-7-4-8-12(9-11)14(15)16/h4,7-10H,2-3,5-6H2,1H3. The Morgan fingerprint density at radius 2 is 1.95 bits per heavy atom. The van der Waals surface area contributed by atoms with Gasteiger partial charge in [0.2, 0.25) is 10.0 Å². The Hall–Kier alpha value is -1.63. The predicted octanol–water partition coefficient (Wildman–Crippen LogP) is 2.30. The minimum atomic E-state index is -3.43. The Morgan fingerprint density at radius 3 is 2.47 bits per heavy atom. The maximum absolute atomic E-state index is 12.0. The lowest BCUT2D eigenvalue weighted by molar-refractivity contribution is -0.384. The van der Waals surface area contributed by atoms with Gasteiger partial charge in [-0.05, 0) is 18.9 Å². The van der Waals surface area contributed by atoms with E-state index in [1.54, 1.807) is 6.07 Å². The number of rotatable bonds is 4. The topological polar surface area (TPSA) is 80.5 Å². The summed E-state index contributed by atoms with van der Waals surface area (Å²) in [7, 11) is -3.43. The molecule has 0 heterocycles. The number of hydrogen-bond donors (Lipinski definition) is 0. The minimum absolute atomic E-state index is 0.0861. The van der Waals surface area contributed by atoms with Gasteiger partial charge in [-0.25, -0.2) is 8.42 Å². The molecule has 7 heteroatoms. The Labute approximate surface area is 112 Å².